The average molecular weight is 399 g/mol. The van der Waals surface area contributed by atoms with Gasteiger partial charge in [0.05, 0.1) is 9.40 Å². The first kappa shape index (κ1) is 17.1. The molecule has 0 bridgehead atoms. The van der Waals surface area contributed by atoms with Gasteiger partial charge in [-0.1, -0.05) is 30.3 Å². The number of halogens is 1. The van der Waals surface area contributed by atoms with Crippen molar-refractivity contribution >= 4 is 44.0 Å². The molecule has 0 N–H and O–H groups in total. The Labute approximate surface area is 153 Å². The van der Waals surface area contributed by atoms with E-state index in [9.17, 15) is 14.9 Å². The van der Waals surface area contributed by atoms with E-state index in [2.05, 4.69) is 15.9 Å². The van der Waals surface area contributed by atoms with Crippen molar-refractivity contribution in [3.8, 4) is 0 Å². The third-order valence-corrected chi connectivity index (χ3v) is 4.67. The summed E-state index contributed by atoms with van der Waals surface area (Å²) in [4.78, 5) is 25.1. The van der Waals surface area contributed by atoms with Crippen LogP contribution >= 0.6 is 15.9 Å². The van der Waals surface area contributed by atoms with Crippen LogP contribution in [0, 0.1) is 10.1 Å². The first-order valence-electron chi connectivity index (χ1n) is 7.76. The third kappa shape index (κ3) is 3.39. The van der Waals surface area contributed by atoms with E-state index in [0.29, 0.717) is 11.0 Å². The molecule has 0 spiro atoms. The molecule has 0 radical (unpaired) electrons. The van der Waals surface area contributed by atoms with Crippen molar-refractivity contribution < 1.29 is 9.72 Å². The topological polar surface area (TPSA) is 63.5 Å². The zero-order chi connectivity index (χ0) is 18.0. The minimum Gasteiger partial charge on any atom is -0.309 e. The zero-order valence-electron chi connectivity index (χ0n) is 13.5. The first-order chi connectivity index (χ1) is 12.0. The molecule has 0 unspecified atom stereocenters. The van der Waals surface area contributed by atoms with Crippen molar-refractivity contribution in [2.24, 2.45) is 0 Å². The Hall–Kier alpha value is -2.73. The highest BCUT2D eigenvalue weighted by Gasteiger charge is 2.20. The Kier molecular flexibility index (Phi) is 4.81. The number of nitro groups is 1. The largest absolute Gasteiger partial charge is 0.309 e. The maximum atomic E-state index is 12.9. The lowest BCUT2D eigenvalue weighted by atomic mass is 10.1. The second-order valence-electron chi connectivity index (χ2n) is 5.50. The third-order valence-electron chi connectivity index (χ3n) is 4.00. The van der Waals surface area contributed by atoms with Crippen LogP contribution in [0.4, 0.5) is 11.4 Å². The maximum Gasteiger partial charge on any atom is 0.284 e. The van der Waals surface area contributed by atoms with Crippen molar-refractivity contribution in [2.45, 2.75) is 6.92 Å². The molecular formula is C19H15BrN2O3. The summed E-state index contributed by atoms with van der Waals surface area (Å²) < 4.78 is 0.350. The number of amides is 1. The van der Waals surface area contributed by atoms with Gasteiger partial charge in [0.2, 0.25) is 0 Å². The molecule has 0 saturated carbocycles. The second-order valence-corrected chi connectivity index (χ2v) is 6.36. The molecule has 3 aromatic carbocycles. The zero-order valence-corrected chi connectivity index (χ0v) is 15.1. The van der Waals surface area contributed by atoms with Crippen LogP contribution in [-0.2, 0) is 0 Å². The molecule has 5 nitrogen and oxygen atoms in total. The summed E-state index contributed by atoms with van der Waals surface area (Å²) in [6, 6.07) is 18.1. The molecular weight excluding hydrogens is 384 g/mol. The molecule has 0 atom stereocenters. The number of hydrogen-bond acceptors (Lipinski definition) is 3. The predicted molar refractivity (Wildman–Crippen MR) is 102 cm³/mol. The van der Waals surface area contributed by atoms with Crippen LogP contribution < -0.4 is 4.90 Å². The molecule has 0 heterocycles. The van der Waals surface area contributed by atoms with Gasteiger partial charge in [-0.05, 0) is 57.9 Å². The van der Waals surface area contributed by atoms with Crippen LogP contribution in [-0.4, -0.2) is 17.4 Å². The normalized spacial score (nSPS) is 10.6. The number of nitrogens with zero attached hydrogens (tertiary/aromatic N) is 2. The first-order valence-corrected chi connectivity index (χ1v) is 8.55. The summed E-state index contributed by atoms with van der Waals surface area (Å²) >= 11 is 3.14. The molecule has 1 amide bonds. The van der Waals surface area contributed by atoms with Gasteiger partial charge in [0, 0.05) is 23.9 Å². The van der Waals surface area contributed by atoms with Crippen LogP contribution in [0.3, 0.4) is 0 Å². The smallest absolute Gasteiger partial charge is 0.284 e. The van der Waals surface area contributed by atoms with Gasteiger partial charge in [0.1, 0.15) is 0 Å². The molecule has 126 valence electrons. The van der Waals surface area contributed by atoms with Gasteiger partial charge in [-0.3, -0.25) is 14.9 Å². The van der Waals surface area contributed by atoms with E-state index in [1.165, 1.54) is 12.1 Å². The fourth-order valence-corrected chi connectivity index (χ4v) is 3.12. The number of carbonyl (C=O) groups is 1. The van der Waals surface area contributed by atoms with Gasteiger partial charge in [-0.15, -0.1) is 0 Å². The van der Waals surface area contributed by atoms with Crippen LogP contribution in [0.15, 0.2) is 65.1 Å². The van der Waals surface area contributed by atoms with E-state index in [1.54, 1.807) is 11.0 Å². The van der Waals surface area contributed by atoms with Gasteiger partial charge in [-0.2, -0.15) is 0 Å². The van der Waals surface area contributed by atoms with Crippen molar-refractivity contribution in [1.82, 2.24) is 0 Å². The fraction of sp³-hybridized carbons (Fsp3) is 0.105. The fourth-order valence-electron chi connectivity index (χ4n) is 2.73. The molecule has 0 aliphatic carbocycles. The second kappa shape index (κ2) is 7.03. The number of nitro benzene ring substituents is 1. The molecule has 0 aliphatic rings. The van der Waals surface area contributed by atoms with Crippen LogP contribution in [0.25, 0.3) is 10.8 Å². The van der Waals surface area contributed by atoms with Gasteiger partial charge < -0.3 is 4.90 Å². The summed E-state index contributed by atoms with van der Waals surface area (Å²) in [6.07, 6.45) is 0. The number of hydrogen-bond donors (Lipinski definition) is 0. The summed E-state index contributed by atoms with van der Waals surface area (Å²) in [7, 11) is 0. The van der Waals surface area contributed by atoms with Crippen molar-refractivity contribution in [3.63, 3.8) is 0 Å². The van der Waals surface area contributed by atoms with Gasteiger partial charge in [0.25, 0.3) is 11.6 Å². The van der Waals surface area contributed by atoms with Crippen LogP contribution in [0.5, 0.6) is 0 Å². The van der Waals surface area contributed by atoms with E-state index < -0.39 is 4.92 Å². The Bertz CT molecular complexity index is 972. The van der Waals surface area contributed by atoms with Crippen molar-refractivity contribution in [2.75, 3.05) is 11.4 Å². The molecule has 0 aromatic heterocycles. The van der Waals surface area contributed by atoms with Crippen LogP contribution in [0.2, 0.25) is 0 Å². The molecule has 25 heavy (non-hydrogen) atoms. The lowest BCUT2D eigenvalue weighted by Gasteiger charge is -2.21. The Balaban J connectivity index is 2.00. The van der Waals surface area contributed by atoms with Crippen LogP contribution in [0.1, 0.15) is 17.3 Å². The molecule has 6 heteroatoms. The van der Waals surface area contributed by atoms with E-state index in [1.807, 2.05) is 49.4 Å². The summed E-state index contributed by atoms with van der Waals surface area (Å²) in [6.45, 7) is 2.33. The van der Waals surface area contributed by atoms with E-state index in [0.717, 1.165) is 16.5 Å². The monoisotopic (exact) mass is 398 g/mol. The summed E-state index contributed by atoms with van der Waals surface area (Å²) in [5.74, 6) is -0.270. The number of benzene rings is 3. The predicted octanol–water partition coefficient (Wildman–Crippen LogP) is 5.18. The van der Waals surface area contributed by atoms with E-state index >= 15 is 0 Å². The van der Waals surface area contributed by atoms with Crippen molar-refractivity contribution in [3.05, 3.63) is 80.8 Å². The SMILES string of the molecule is CCN(C(=O)c1ccc(Br)c([N+](=O)[O-])c1)c1ccc2ccccc2c1. The van der Waals surface area contributed by atoms with E-state index in [4.69, 9.17) is 0 Å². The molecule has 0 saturated heterocycles. The standard InChI is InChI=1S/C19H15BrN2O3/c1-2-21(16-9-7-13-5-3-4-6-14(13)11-16)19(23)15-8-10-17(20)18(12-15)22(24)25/h3-12H,2H2,1H3. The number of rotatable bonds is 4. The summed E-state index contributed by atoms with van der Waals surface area (Å²) in [5.41, 5.74) is 0.919. The minimum atomic E-state index is -0.507. The minimum absolute atomic E-state index is 0.125. The number of carbonyl (C=O) groups excluding carboxylic acids is 1. The average Bonchev–Trinajstić information content (AvgIpc) is 2.62. The Morgan fingerprint density at radius 1 is 1.08 bits per heavy atom. The van der Waals surface area contributed by atoms with Gasteiger partial charge >= 0.3 is 0 Å². The lowest BCUT2D eigenvalue weighted by Crippen LogP contribution is -2.30. The Morgan fingerprint density at radius 2 is 1.80 bits per heavy atom. The highest BCUT2D eigenvalue weighted by atomic mass is 79.9. The van der Waals surface area contributed by atoms with Gasteiger partial charge in [0.15, 0.2) is 0 Å². The molecule has 0 aliphatic heterocycles. The quantitative estimate of drug-likeness (QED) is 0.449. The molecule has 3 rings (SSSR count). The molecule has 0 fully saturated rings. The lowest BCUT2D eigenvalue weighted by molar-refractivity contribution is -0.385. The highest BCUT2D eigenvalue weighted by molar-refractivity contribution is 9.10. The molecule has 3 aromatic rings. The Morgan fingerprint density at radius 3 is 2.48 bits per heavy atom. The van der Waals surface area contributed by atoms with Gasteiger partial charge in [-0.25, -0.2) is 0 Å². The number of anilines is 1. The van der Waals surface area contributed by atoms with Crippen molar-refractivity contribution in [1.29, 1.82) is 0 Å². The van der Waals surface area contributed by atoms with E-state index in [-0.39, 0.29) is 17.2 Å². The maximum absolute atomic E-state index is 12.9. The summed E-state index contributed by atoms with van der Waals surface area (Å²) in [5, 5.41) is 13.2. The number of fused-ring (bicyclic) bond motifs is 1. The highest BCUT2D eigenvalue weighted by Crippen LogP contribution is 2.28.